The van der Waals surface area contributed by atoms with E-state index in [4.69, 9.17) is 5.11 Å². The van der Waals surface area contributed by atoms with Crippen molar-refractivity contribution in [3.63, 3.8) is 0 Å². The van der Waals surface area contributed by atoms with Crippen molar-refractivity contribution in [3.05, 3.63) is 10.2 Å². The zero-order chi connectivity index (χ0) is 9.02. The third-order valence-corrected chi connectivity index (χ3v) is 1.29. The largest absolute Gasteiger partial charge is 0.479 e. The molecule has 0 spiro atoms. The summed E-state index contributed by atoms with van der Waals surface area (Å²) in [5.41, 5.74) is 0. The van der Waals surface area contributed by atoms with Crippen LogP contribution in [-0.2, 0) is 14.3 Å². The molecule has 0 amide bonds. The van der Waals surface area contributed by atoms with Crippen molar-refractivity contribution < 1.29 is 19.4 Å². The van der Waals surface area contributed by atoms with Crippen LogP contribution in [0.5, 0.6) is 0 Å². The van der Waals surface area contributed by atoms with Crippen molar-refractivity contribution in [2.75, 3.05) is 0 Å². The van der Waals surface area contributed by atoms with Gasteiger partial charge in [0.05, 0.1) is 3.58 Å². The summed E-state index contributed by atoms with van der Waals surface area (Å²) in [5.74, 6) is -1.86. The fourth-order valence-corrected chi connectivity index (χ4v) is 0.402. The monoisotopic (exact) mass is 270 g/mol. The molecule has 0 aliphatic carbocycles. The summed E-state index contributed by atoms with van der Waals surface area (Å²) in [6.45, 7) is 4.56. The number of hydrogen-bond acceptors (Lipinski definition) is 3. The lowest BCUT2D eigenvalue weighted by Gasteiger charge is -2.06. The molecule has 62 valence electrons. The molecule has 0 aromatic rings. The van der Waals surface area contributed by atoms with E-state index in [9.17, 15) is 9.59 Å². The number of halogens is 1. The van der Waals surface area contributed by atoms with Gasteiger partial charge in [-0.05, 0) is 29.5 Å². The molecule has 0 heterocycles. The first-order chi connectivity index (χ1) is 4.95. The Morgan fingerprint density at radius 3 is 2.36 bits per heavy atom. The summed E-state index contributed by atoms with van der Waals surface area (Å²) in [6.07, 6.45) is -1.12. The van der Waals surface area contributed by atoms with Crippen LogP contribution in [0, 0.1) is 0 Å². The third kappa shape index (κ3) is 3.97. The Morgan fingerprint density at radius 2 is 2.09 bits per heavy atom. The first-order valence-electron chi connectivity index (χ1n) is 2.73. The molecule has 0 radical (unpaired) electrons. The maximum Gasteiger partial charge on any atom is 0.344 e. The second-order valence-electron chi connectivity index (χ2n) is 1.79. The van der Waals surface area contributed by atoms with Crippen molar-refractivity contribution in [1.29, 1.82) is 0 Å². The van der Waals surface area contributed by atoms with Crippen LogP contribution in [0.2, 0.25) is 0 Å². The molecule has 0 aromatic heterocycles. The van der Waals surface area contributed by atoms with E-state index in [1.807, 2.05) is 0 Å². The van der Waals surface area contributed by atoms with Crippen LogP contribution in [0.25, 0.3) is 0 Å². The average Bonchev–Trinajstić information content (AvgIpc) is 1.87. The number of carboxylic acid groups (broad SMARTS) is 1. The van der Waals surface area contributed by atoms with E-state index in [1.54, 1.807) is 22.6 Å². The maximum absolute atomic E-state index is 10.7. The van der Waals surface area contributed by atoms with Crippen LogP contribution in [0.4, 0.5) is 0 Å². The molecule has 0 aliphatic rings. The quantitative estimate of drug-likeness (QED) is 0.471. The smallest absolute Gasteiger partial charge is 0.344 e. The lowest BCUT2D eigenvalue weighted by atomic mass is 10.4. The predicted molar refractivity (Wildman–Crippen MR) is 46.3 cm³/mol. The number of hydrogen-bond donors (Lipinski definition) is 1. The van der Waals surface area contributed by atoms with Gasteiger partial charge in [-0.15, -0.1) is 0 Å². The van der Waals surface area contributed by atoms with E-state index < -0.39 is 18.0 Å². The molecular formula is C6H7IO4. The zero-order valence-corrected chi connectivity index (χ0v) is 7.99. The molecule has 0 rings (SSSR count). The second kappa shape index (κ2) is 4.32. The van der Waals surface area contributed by atoms with Crippen LogP contribution in [-0.4, -0.2) is 23.1 Å². The fraction of sp³-hybridized carbons (Fsp3) is 0.333. The summed E-state index contributed by atoms with van der Waals surface area (Å²) in [4.78, 5) is 20.8. The van der Waals surface area contributed by atoms with Gasteiger partial charge in [0.15, 0.2) is 6.10 Å². The first kappa shape index (κ1) is 10.4. The van der Waals surface area contributed by atoms with E-state index in [1.165, 1.54) is 6.92 Å². The lowest BCUT2D eigenvalue weighted by Crippen LogP contribution is -2.23. The summed E-state index contributed by atoms with van der Waals surface area (Å²) < 4.78 is 4.59. The Morgan fingerprint density at radius 1 is 1.64 bits per heavy atom. The van der Waals surface area contributed by atoms with Gasteiger partial charge >= 0.3 is 11.9 Å². The summed E-state index contributed by atoms with van der Waals surface area (Å²) in [6, 6.07) is 0. The maximum atomic E-state index is 10.7. The van der Waals surface area contributed by atoms with E-state index in [0.29, 0.717) is 0 Å². The van der Waals surface area contributed by atoms with Gasteiger partial charge in [0.2, 0.25) is 0 Å². The standard InChI is InChI=1S/C6H7IO4/c1-3(7)6(10)11-4(2)5(8)9/h4H,1H2,2H3,(H,8,9). The molecule has 11 heavy (non-hydrogen) atoms. The summed E-state index contributed by atoms with van der Waals surface area (Å²) in [7, 11) is 0. The number of carbonyl (C=O) groups excluding carboxylic acids is 1. The second-order valence-corrected chi connectivity index (χ2v) is 3.09. The molecule has 0 fully saturated rings. The van der Waals surface area contributed by atoms with Gasteiger partial charge in [0.1, 0.15) is 0 Å². The van der Waals surface area contributed by atoms with Gasteiger partial charge in [-0.25, -0.2) is 9.59 Å². The lowest BCUT2D eigenvalue weighted by molar-refractivity contribution is -0.159. The van der Waals surface area contributed by atoms with Gasteiger partial charge in [-0.2, -0.15) is 0 Å². The highest BCUT2D eigenvalue weighted by molar-refractivity contribution is 14.1. The minimum absolute atomic E-state index is 0.163. The Hall–Kier alpha value is -0.590. The summed E-state index contributed by atoms with van der Waals surface area (Å²) >= 11 is 1.66. The third-order valence-electron chi connectivity index (χ3n) is 0.853. The van der Waals surface area contributed by atoms with Crippen molar-refractivity contribution in [1.82, 2.24) is 0 Å². The van der Waals surface area contributed by atoms with Gasteiger partial charge in [0, 0.05) is 0 Å². The van der Waals surface area contributed by atoms with Crippen LogP contribution >= 0.6 is 22.6 Å². The topological polar surface area (TPSA) is 63.6 Å². The van der Waals surface area contributed by atoms with E-state index >= 15 is 0 Å². The van der Waals surface area contributed by atoms with E-state index in [2.05, 4.69) is 11.3 Å². The molecule has 0 saturated heterocycles. The van der Waals surface area contributed by atoms with E-state index in [-0.39, 0.29) is 3.58 Å². The highest BCUT2D eigenvalue weighted by atomic mass is 127. The molecule has 1 N–H and O–H groups in total. The number of rotatable bonds is 3. The molecular weight excluding hydrogens is 263 g/mol. The van der Waals surface area contributed by atoms with Crippen molar-refractivity contribution >= 4 is 34.5 Å². The molecule has 0 bridgehead atoms. The highest BCUT2D eigenvalue weighted by Gasteiger charge is 2.16. The van der Waals surface area contributed by atoms with Crippen LogP contribution < -0.4 is 0 Å². The van der Waals surface area contributed by atoms with Crippen LogP contribution in [0.15, 0.2) is 10.2 Å². The van der Waals surface area contributed by atoms with Crippen LogP contribution in [0.1, 0.15) is 6.92 Å². The Labute approximate surface area is 77.4 Å². The molecule has 0 aliphatic heterocycles. The highest BCUT2D eigenvalue weighted by Crippen LogP contribution is 2.06. The number of ether oxygens (including phenoxy) is 1. The number of aliphatic carboxylic acids is 1. The zero-order valence-electron chi connectivity index (χ0n) is 5.83. The van der Waals surface area contributed by atoms with Crippen molar-refractivity contribution in [2.24, 2.45) is 0 Å². The minimum Gasteiger partial charge on any atom is -0.479 e. The van der Waals surface area contributed by atoms with E-state index in [0.717, 1.165) is 0 Å². The Kier molecular flexibility index (Phi) is 4.09. The average molecular weight is 270 g/mol. The summed E-state index contributed by atoms with van der Waals surface area (Å²) in [5, 5.41) is 8.30. The van der Waals surface area contributed by atoms with Crippen molar-refractivity contribution in [3.8, 4) is 0 Å². The SMILES string of the molecule is C=C(I)C(=O)OC(C)C(=O)O. The molecule has 1 atom stereocenters. The fourth-order valence-electron chi connectivity index (χ4n) is 0.275. The Bertz CT molecular complexity index is 199. The van der Waals surface area contributed by atoms with Crippen LogP contribution in [0.3, 0.4) is 0 Å². The minimum atomic E-state index is -1.17. The predicted octanol–water partition coefficient (Wildman–Crippen LogP) is 0.951. The van der Waals surface area contributed by atoms with Crippen molar-refractivity contribution in [2.45, 2.75) is 13.0 Å². The molecule has 0 saturated carbocycles. The van der Waals surface area contributed by atoms with Gasteiger partial charge in [-0.3, -0.25) is 0 Å². The molecule has 4 nitrogen and oxygen atoms in total. The normalized spacial score (nSPS) is 11.8. The Balaban J connectivity index is 3.95. The van der Waals surface area contributed by atoms with Gasteiger partial charge < -0.3 is 9.84 Å². The number of carbonyl (C=O) groups is 2. The molecule has 0 aromatic carbocycles. The van der Waals surface area contributed by atoms with Gasteiger partial charge in [-0.1, -0.05) is 6.58 Å². The first-order valence-corrected chi connectivity index (χ1v) is 3.81. The number of carboxylic acids is 1. The van der Waals surface area contributed by atoms with Gasteiger partial charge in [0.25, 0.3) is 0 Å². The molecule has 1 unspecified atom stereocenters. The number of esters is 1. The molecule has 5 heteroatoms.